The zero-order valence-corrected chi connectivity index (χ0v) is 20.6. The number of ether oxygens (including phenoxy) is 1. The van der Waals surface area contributed by atoms with Crippen LogP contribution < -0.4 is 4.74 Å². The first-order chi connectivity index (χ1) is 16.1. The van der Waals surface area contributed by atoms with Crippen LogP contribution in [0.2, 0.25) is 0 Å². The third kappa shape index (κ3) is 11.6. The summed E-state index contributed by atoms with van der Waals surface area (Å²) in [4.78, 5) is 9.04. The highest BCUT2D eigenvalue weighted by Gasteiger charge is 2.11. The quantitative estimate of drug-likeness (QED) is 0.209. The maximum atomic E-state index is 13.8. The predicted octanol–water partition coefficient (Wildman–Crippen LogP) is 8.46. The number of hydrogen-bond acceptors (Lipinski definition) is 3. The van der Waals surface area contributed by atoms with E-state index in [1.807, 2.05) is 36.7 Å². The minimum atomic E-state index is -1.02. The summed E-state index contributed by atoms with van der Waals surface area (Å²) in [6.45, 7) is 4.32. The molecule has 0 spiro atoms. The fraction of sp³-hybridized carbons (Fsp3) is 0.643. The summed E-state index contributed by atoms with van der Waals surface area (Å²) in [6.07, 6.45) is 14.8. The number of nitrogens with zero attached hydrogens (tertiary/aromatic N) is 2. The summed E-state index contributed by atoms with van der Waals surface area (Å²) in [5, 5.41) is 0. The summed E-state index contributed by atoms with van der Waals surface area (Å²) in [5.74, 6) is 1.39. The molecule has 2 unspecified atom stereocenters. The second-order valence-corrected chi connectivity index (χ2v) is 8.98. The molecule has 3 nitrogen and oxygen atoms in total. The lowest BCUT2D eigenvalue weighted by Gasteiger charge is -2.11. The molecule has 2 aromatic rings. The predicted molar refractivity (Wildman–Crippen MR) is 133 cm³/mol. The number of alkyl halides is 2. The summed E-state index contributed by atoms with van der Waals surface area (Å²) in [7, 11) is 0. The van der Waals surface area contributed by atoms with Gasteiger partial charge < -0.3 is 4.74 Å². The van der Waals surface area contributed by atoms with Gasteiger partial charge in [0.2, 0.25) is 0 Å². The topological polar surface area (TPSA) is 35.0 Å². The second kappa shape index (κ2) is 16.6. The van der Waals surface area contributed by atoms with E-state index in [1.165, 1.54) is 56.9 Å². The van der Waals surface area contributed by atoms with E-state index in [1.54, 1.807) is 6.92 Å². The van der Waals surface area contributed by atoms with Gasteiger partial charge in [-0.3, -0.25) is 0 Å². The van der Waals surface area contributed by atoms with Gasteiger partial charge in [-0.15, -0.1) is 0 Å². The fourth-order valence-electron chi connectivity index (χ4n) is 3.81. The Morgan fingerprint density at radius 2 is 1.36 bits per heavy atom. The monoisotopic (exact) mass is 460 g/mol. The molecule has 184 valence electrons. The molecule has 0 saturated heterocycles. The lowest BCUT2D eigenvalue weighted by molar-refractivity contribution is 0.202. The molecule has 0 aliphatic carbocycles. The van der Waals surface area contributed by atoms with Crippen LogP contribution in [0, 0.1) is 0 Å². The highest BCUT2D eigenvalue weighted by Crippen LogP contribution is 2.21. The maximum absolute atomic E-state index is 13.8. The van der Waals surface area contributed by atoms with E-state index in [2.05, 4.69) is 16.9 Å². The van der Waals surface area contributed by atoms with E-state index in [-0.39, 0.29) is 25.9 Å². The summed E-state index contributed by atoms with van der Waals surface area (Å²) in [6, 6.07) is 7.56. The van der Waals surface area contributed by atoms with Crippen molar-refractivity contribution in [3.8, 4) is 17.1 Å². The average molecular weight is 461 g/mol. The third-order valence-corrected chi connectivity index (χ3v) is 6.07. The lowest BCUT2D eigenvalue weighted by Crippen LogP contribution is -2.10. The van der Waals surface area contributed by atoms with Gasteiger partial charge in [0.05, 0.1) is 12.8 Å². The molecule has 0 radical (unpaired) electrons. The third-order valence-electron chi connectivity index (χ3n) is 6.07. The number of rotatable bonds is 18. The molecule has 2 atom stereocenters. The number of unbranched alkanes of at least 4 members (excludes halogenated alkanes) is 7. The van der Waals surface area contributed by atoms with Crippen LogP contribution in [0.25, 0.3) is 11.4 Å². The van der Waals surface area contributed by atoms with Crippen LogP contribution in [0.3, 0.4) is 0 Å². The SMILES string of the molecule is CCCCCCCCCCc1cnc(-c2ccc(OCCC(F)CCC(F)CC)cc2)nc1. The largest absolute Gasteiger partial charge is 0.493 e. The Hall–Kier alpha value is -2.04. The number of aromatic nitrogens is 2. The highest BCUT2D eigenvalue weighted by molar-refractivity contribution is 5.55. The molecular weight excluding hydrogens is 418 g/mol. The first-order valence-corrected chi connectivity index (χ1v) is 12.9. The van der Waals surface area contributed by atoms with Crippen molar-refractivity contribution in [2.45, 2.75) is 110 Å². The molecule has 0 aliphatic rings. The van der Waals surface area contributed by atoms with Crippen LogP contribution in [0.1, 0.15) is 96.5 Å². The summed E-state index contributed by atoms with van der Waals surface area (Å²) < 4.78 is 32.7. The molecule has 0 amide bonds. The first-order valence-electron chi connectivity index (χ1n) is 12.9. The van der Waals surface area contributed by atoms with Crippen molar-refractivity contribution in [3.05, 3.63) is 42.2 Å². The van der Waals surface area contributed by atoms with Gasteiger partial charge in [0.25, 0.3) is 0 Å². The molecule has 1 aromatic heterocycles. The standard InChI is InChI=1S/C28H42F2N2O/c1-3-5-6-7-8-9-10-11-12-23-21-31-28(32-22-23)24-13-17-27(18-14-24)33-20-19-26(30)16-15-25(29)4-2/h13-14,17-18,21-22,25-26H,3-12,15-16,19-20H2,1-2H3. The van der Waals surface area contributed by atoms with Gasteiger partial charge in [0.1, 0.15) is 11.9 Å². The van der Waals surface area contributed by atoms with Gasteiger partial charge >= 0.3 is 0 Å². The van der Waals surface area contributed by atoms with E-state index >= 15 is 0 Å². The Morgan fingerprint density at radius 1 is 0.758 bits per heavy atom. The van der Waals surface area contributed by atoms with Crippen molar-refractivity contribution in [3.63, 3.8) is 0 Å². The van der Waals surface area contributed by atoms with E-state index in [4.69, 9.17) is 4.74 Å². The Labute approximate surface area is 199 Å². The van der Waals surface area contributed by atoms with E-state index in [0.717, 1.165) is 12.0 Å². The molecule has 0 N–H and O–H groups in total. The van der Waals surface area contributed by atoms with Gasteiger partial charge in [-0.1, -0.05) is 58.8 Å². The van der Waals surface area contributed by atoms with Crippen LogP contribution in [0.5, 0.6) is 5.75 Å². The molecule has 0 saturated carbocycles. The zero-order valence-electron chi connectivity index (χ0n) is 20.6. The van der Waals surface area contributed by atoms with Crippen molar-refractivity contribution in [2.24, 2.45) is 0 Å². The van der Waals surface area contributed by atoms with Crippen LogP contribution >= 0.6 is 0 Å². The summed E-state index contributed by atoms with van der Waals surface area (Å²) >= 11 is 0. The van der Waals surface area contributed by atoms with Gasteiger partial charge in [-0.25, -0.2) is 18.7 Å². The Bertz CT molecular complexity index is 737. The molecular formula is C28H42F2N2O. The molecule has 33 heavy (non-hydrogen) atoms. The molecule has 0 bridgehead atoms. The minimum absolute atomic E-state index is 0.254. The summed E-state index contributed by atoms with van der Waals surface area (Å²) in [5.41, 5.74) is 2.11. The van der Waals surface area contributed by atoms with E-state index in [0.29, 0.717) is 18.0 Å². The van der Waals surface area contributed by atoms with Crippen molar-refractivity contribution < 1.29 is 13.5 Å². The minimum Gasteiger partial charge on any atom is -0.493 e. The molecule has 1 aromatic carbocycles. The van der Waals surface area contributed by atoms with Gasteiger partial charge in [-0.2, -0.15) is 0 Å². The van der Waals surface area contributed by atoms with Crippen LogP contribution in [-0.4, -0.2) is 28.9 Å². The molecule has 1 heterocycles. The van der Waals surface area contributed by atoms with Crippen molar-refractivity contribution in [1.29, 1.82) is 0 Å². The van der Waals surface area contributed by atoms with Gasteiger partial charge in [0.15, 0.2) is 5.82 Å². The number of benzene rings is 1. The van der Waals surface area contributed by atoms with Crippen LogP contribution in [0.4, 0.5) is 8.78 Å². The lowest BCUT2D eigenvalue weighted by atomic mass is 10.1. The van der Waals surface area contributed by atoms with E-state index < -0.39 is 12.3 Å². The zero-order chi connectivity index (χ0) is 23.7. The highest BCUT2D eigenvalue weighted by atomic mass is 19.1. The molecule has 0 fully saturated rings. The van der Waals surface area contributed by atoms with Crippen LogP contribution in [0.15, 0.2) is 36.7 Å². The Kier molecular flexibility index (Phi) is 13.6. The van der Waals surface area contributed by atoms with Crippen molar-refractivity contribution >= 4 is 0 Å². The van der Waals surface area contributed by atoms with Gasteiger partial charge in [-0.05, 0) is 61.9 Å². The first kappa shape index (κ1) is 27.2. The van der Waals surface area contributed by atoms with Gasteiger partial charge in [0, 0.05) is 24.4 Å². The second-order valence-electron chi connectivity index (χ2n) is 8.98. The number of hydrogen-bond donors (Lipinski definition) is 0. The normalized spacial score (nSPS) is 13.1. The molecule has 0 aliphatic heterocycles. The molecule has 2 rings (SSSR count). The van der Waals surface area contributed by atoms with Crippen molar-refractivity contribution in [2.75, 3.05) is 6.61 Å². The van der Waals surface area contributed by atoms with Crippen molar-refractivity contribution in [1.82, 2.24) is 9.97 Å². The van der Waals surface area contributed by atoms with Crippen LogP contribution in [-0.2, 0) is 6.42 Å². The van der Waals surface area contributed by atoms with E-state index in [9.17, 15) is 8.78 Å². The fourth-order valence-corrected chi connectivity index (χ4v) is 3.81. The number of aryl methyl sites for hydroxylation is 1. The Balaban J connectivity index is 1.66. The average Bonchev–Trinajstić information content (AvgIpc) is 2.85. The number of halogens is 2. The maximum Gasteiger partial charge on any atom is 0.159 e. The molecule has 5 heteroatoms. The smallest absolute Gasteiger partial charge is 0.159 e. The Morgan fingerprint density at radius 3 is 2.00 bits per heavy atom.